The summed E-state index contributed by atoms with van der Waals surface area (Å²) in [5, 5.41) is 10.6. The fourth-order valence-electron chi connectivity index (χ4n) is 10.0. The number of phosphoric ester groups is 2. The van der Waals surface area contributed by atoms with Crippen LogP contribution in [0.2, 0.25) is 0 Å². The second-order valence-electron chi connectivity index (χ2n) is 26.0. The maximum absolute atomic E-state index is 13.0. The molecule has 19 heteroatoms. The number of ether oxygens (including phenoxy) is 4. The smallest absolute Gasteiger partial charge is 0.462 e. The lowest BCUT2D eigenvalue weighted by Crippen LogP contribution is -2.30. The number of carbonyl (C=O) groups excluding carboxylic acids is 4. The Kier molecular flexibility index (Phi) is 58.8. The normalized spacial score (nSPS) is 14.4. The van der Waals surface area contributed by atoms with E-state index in [1.54, 1.807) is 0 Å². The Bertz CT molecular complexity index is 1840. The number of allylic oxidation sites excluding steroid dienone is 4. The molecule has 0 amide bonds. The van der Waals surface area contributed by atoms with Gasteiger partial charge in [0.05, 0.1) is 26.4 Å². The molecule has 0 spiro atoms. The van der Waals surface area contributed by atoms with Crippen LogP contribution < -0.4 is 0 Å². The van der Waals surface area contributed by atoms with Crippen LogP contribution in [0.25, 0.3) is 0 Å². The Hall–Kier alpha value is -2.46. The molecule has 0 fully saturated rings. The van der Waals surface area contributed by atoms with Gasteiger partial charge in [-0.05, 0) is 69.1 Å². The van der Waals surface area contributed by atoms with Crippen LogP contribution in [0.5, 0.6) is 0 Å². The van der Waals surface area contributed by atoms with E-state index in [-0.39, 0.29) is 25.7 Å². The first kappa shape index (κ1) is 86.5. The van der Waals surface area contributed by atoms with Gasteiger partial charge < -0.3 is 33.8 Å². The van der Waals surface area contributed by atoms with E-state index in [1.807, 2.05) is 0 Å². The highest BCUT2D eigenvalue weighted by atomic mass is 31.2. The zero-order valence-corrected chi connectivity index (χ0v) is 59.2. The van der Waals surface area contributed by atoms with E-state index < -0.39 is 97.5 Å². The standard InChI is InChI=1S/C70H132O17P2/c1-8-9-10-11-12-13-14-15-16-17-18-23-32-39-46-53-69(74)86-65(57-80-67(72)51-44-37-30-22-20-19-21-27-34-41-48-61(2)3)59-84-88(76,77)82-55-64(71)56-83-89(78,79)85-60-66(87-70(75)54-47-40-33-26-29-36-43-50-63(6)7)58-81-68(73)52-45-38-31-25-24-28-35-42-49-62(4)5/h13-16,61-66,71H,8-12,17-60H2,1-7H3,(H,76,77)(H,78,79)/b14-13-,16-15-/t64?,65-,66-/m1/s1. The molecular formula is C70H132O17P2. The molecule has 89 heavy (non-hydrogen) atoms. The maximum Gasteiger partial charge on any atom is 0.472 e. The molecule has 0 aromatic carbocycles. The van der Waals surface area contributed by atoms with Gasteiger partial charge in [0.25, 0.3) is 0 Å². The number of hydrogen-bond acceptors (Lipinski definition) is 15. The second-order valence-corrected chi connectivity index (χ2v) is 28.9. The van der Waals surface area contributed by atoms with Crippen molar-refractivity contribution in [2.24, 2.45) is 17.8 Å². The first-order valence-electron chi connectivity index (χ1n) is 35.7. The Morgan fingerprint density at radius 1 is 0.348 bits per heavy atom. The van der Waals surface area contributed by atoms with E-state index in [2.05, 4.69) is 72.8 Å². The minimum Gasteiger partial charge on any atom is -0.462 e. The fourth-order valence-corrected chi connectivity index (χ4v) is 11.6. The van der Waals surface area contributed by atoms with Crippen LogP contribution in [0, 0.1) is 17.8 Å². The third kappa shape index (κ3) is 64.1. The molecule has 17 nitrogen and oxygen atoms in total. The van der Waals surface area contributed by atoms with E-state index in [9.17, 15) is 43.2 Å². The number of phosphoric acid groups is 2. The molecule has 0 aromatic rings. The monoisotopic (exact) mass is 1310 g/mol. The molecule has 524 valence electrons. The maximum atomic E-state index is 13.0. The zero-order valence-electron chi connectivity index (χ0n) is 57.4. The minimum absolute atomic E-state index is 0.0842. The van der Waals surface area contributed by atoms with Gasteiger partial charge in [0.2, 0.25) is 0 Å². The number of rotatable bonds is 66. The van der Waals surface area contributed by atoms with Gasteiger partial charge >= 0.3 is 39.5 Å². The van der Waals surface area contributed by atoms with Crippen molar-refractivity contribution in [1.82, 2.24) is 0 Å². The van der Waals surface area contributed by atoms with Gasteiger partial charge in [-0.15, -0.1) is 0 Å². The van der Waals surface area contributed by atoms with E-state index >= 15 is 0 Å². The summed E-state index contributed by atoms with van der Waals surface area (Å²) in [7, 11) is -9.91. The lowest BCUT2D eigenvalue weighted by molar-refractivity contribution is -0.161. The molecule has 3 unspecified atom stereocenters. The number of aliphatic hydroxyl groups excluding tert-OH is 1. The quantitative estimate of drug-likeness (QED) is 0.0169. The molecule has 0 aromatic heterocycles. The second kappa shape index (κ2) is 60.5. The molecule has 0 aliphatic carbocycles. The third-order valence-electron chi connectivity index (χ3n) is 15.5. The molecular weight excluding hydrogens is 1170 g/mol. The molecule has 3 N–H and O–H groups in total. The molecule has 0 radical (unpaired) electrons. The van der Waals surface area contributed by atoms with Crippen LogP contribution in [0.3, 0.4) is 0 Å². The van der Waals surface area contributed by atoms with Crippen molar-refractivity contribution in [2.45, 2.75) is 343 Å². The van der Waals surface area contributed by atoms with Crippen LogP contribution in [0.1, 0.15) is 325 Å². The lowest BCUT2D eigenvalue weighted by Gasteiger charge is -2.21. The average Bonchev–Trinajstić information content (AvgIpc) is 3.58. The largest absolute Gasteiger partial charge is 0.472 e. The van der Waals surface area contributed by atoms with E-state index in [0.717, 1.165) is 115 Å². The average molecular weight is 1310 g/mol. The van der Waals surface area contributed by atoms with Crippen LogP contribution in [-0.2, 0) is 65.4 Å². The number of aliphatic hydroxyl groups is 1. The number of hydrogen-bond donors (Lipinski definition) is 3. The van der Waals surface area contributed by atoms with E-state index in [4.69, 9.17) is 37.0 Å². The summed E-state index contributed by atoms with van der Waals surface area (Å²) in [6, 6.07) is 0. The molecule has 0 rings (SSSR count). The lowest BCUT2D eigenvalue weighted by atomic mass is 10.0. The van der Waals surface area contributed by atoms with Crippen molar-refractivity contribution in [2.75, 3.05) is 39.6 Å². The van der Waals surface area contributed by atoms with Crippen molar-refractivity contribution in [3.05, 3.63) is 24.3 Å². The van der Waals surface area contributed by atoms with Gasteiger partial charge in [0.1, 0.15) is 19.3 Å². The number of esters is 4. The van der Waals surface area contributed by atoms with Crippen molar-refractivity contribution in [1.29, 1.82) is 0 Å². The van der Waals surface area contributed by atoms with Gasteiger partial charge in [-0.1, -0.05) is 272 Å². The SMILES string of the molecule is CCCCCC/C=C\C=C/CCCCCCCC(=O)O[C@H](COC(=O)CCCCCCCCCCCCC(C)C)COP(=O)(O)OCC(O)COP(=O)(O)OC[C@@H](COC(=O)CCCCCCCCCCC(C)C)OC(=O)CCCCCCCCCC(C)C. The summed E-state index contributed by atoms with van der Waals surface area (Å²) in [4.78, 5) is 72.5. The fraction of sp³-hybridized carbons (Fsp3) is 0.886. The van der Waals surface area contributed by atoms with Crippen LogP contribution in [-0.4, -0.2) is 96.7 Å². The van der Waals surface area contributed by atoms with Gasteiger partial charge in [0.15, 0.2) is 12.2 Å². The predicted octanol–water partition coefficient (Wildman–Crippen LogP) is 19.4. The first-order chi connectivity index (χ1) is 42.7. The Balaban J connectivity index is 5.29. The highest BCUT2D eigenvalue weighted by Gasteiger charge is 2.30. The van der Waals surface area contributed by atoms with Gasteiger partial charge in [0, 0.05) is 25.7 Å². The Labute approximate surface area is 542 Å². The molecule has 5 atom stereocenters. The Morgan fingerprint density at radius 3 is 0.910 bits per heavy atom. The molecule has 0 heterocycles. The highest BCUT2D eigenvalue weighted by Crippen LogP contribution is 2.45. The van der Waals surface area contributed by atoms with Crippen LogP contribution in [0.4, 0.5) is 0 Å². The van der Waals surface area contributed by atoms with Gasteiger partial charge in [-0.25, -0.2) is 9.13 Å². The van der Waals surface area contributed by atoms with Crippen molar-refractivity contribution in [3.8, 4) is 0 Å². The van der Waals surface area contributed by atoms with E-state index in [1.165, 1.54) is 122 Å². The minimum atomic E-state index is -4.96. The summed E-state index contributed by atoms with van der Waals surface area (Å²) in [5.41, 5.74) is 0. The Morgan fingerprint density at radius 2 is 0.607 bits per heavy atom. The molecule has 0 saturated heterocycles. The summed E-state index contributed by atoms with van der Waals surface area (Å²) in [6.45, 7) is 11.7. The summed E-state index contributed by atoms with van der Waals surface area (Å²) >= 11 is 0. The summed E-state index contributed by atoms with van der Waals surface area (Å²) in [5.74, 6) is 0.0146. The summed E-state index contributed by atoms with van der Waals surface area (Å²) in [6.07, 6.45) is 46.8. The van der Waals surface area contributed by atoms with Crippen LogP contribution in [0.15, 0.2) is 24.3 Å². The molecule has 0 saturated carbocycles. The van der Waals surface area contributed by atoms with Crippen molar-refractivity contribution in [3.63, 3.8) is 0 Å². The third-order valence-corrected chi connectivity index (χ3v) is 17.4. The van der Waals surface area contributed by atoms with Gasteiger partial charge in [-0.3, -0.25) is 37.3 Å². The zero-order chi connectivity index (χ0) is 65.9. The number of carbonyl (C=O) groups is 4. The molecule has 0 bridgehead atoms. The molecule has 0 aliphatic rings. The van der Waals surface area contributed by atoms with Crippen molar-refractivity contribution < 1.29 is 80.2 Å². The molecule has 0 aliphatic heterocycles. The van der Waals surface area contributed by atoms with Gasteiger partial charge in [-0.2, -0.15) is 0 Å². The van der Waals surface area contributed by atoms with Crippen molar-refractivity contribution >= 4 is 39.5 Å². The van der Waals surface area contributed by atoms with E-state index in [0.29, 0.717) is 31.6 Å². The van der Waals surface area contributed by atoms with Crippen LogP contribution >= 0.6 is 15.6 Å². The number of unbranched alkanes of at least 4 members (excludes halogenated alkanes) is 31. The topological polar surface area (TPSA) is 237 Å². The summed E-state index contributed by atoms with van der Waals surface area (Å²) < 4.78 is 68.2. The highest BCUT2D eigenvalue weighted by molar-refractivity contribution is 7.47. The predicted molar refractivity (Wildman–Crippen MR) is 358 cm³/mol. The first-order valence-corrected chi connectivity index (χ1v) is 38.7.